The van der Waals surface area contributed by atoms with Crippen molar-refractivity contribution in [3.63, 3.8) is 0 Å². The number of amides is 1. The van der Waals surface area contributed by atoms with Crippen molar-refractivity contribution in [2.24, 2.45) is 5.92 Å². The number of rotatable bonds is 6. The maximum atomic E-state index is 12.6. The Labute approximate surface area is 141 Å². The molecule has 1 amide bonds. The second kappa shape index (κ2) is 8.49. The van der Waals surface area contributed by atoms with E-state index in [1.54, 1.807) is 0 Å². The van der Waals surface area contributed by atoms with Crippen LogP contribution in [-0.4, -0.2) is 37.5 Å². The van der Waals surface area contributed by atoms with Crippen LogP contribution in [0.5, 0.6) is 0 Å². The monoisotopic (exact) mass is 316 g/mol. The lowest BCUT2D eigenvalue weighted by atomic mass is 9.93. The number of piperidine rings is 1. The Balaban J connectivity index is 1.91. The van der Waals surface area contributed by atoms with E-state index in [-0.39, 0.29) is 5.92 Å². The highest BCUT2D eigenvalue weighted by atomic mass is 16.2. The molecular formula is C20H32N2O. The number of nitrogens with one attached hydrogen (secondary N) is 1. The zero-order valence-corrected chi connectivity index (χ0v) is 15.1. The van der Waals surface area contributed by atoms with Crippen molar-refractivity contribution in [2.45, 2.75) is 51.9 Å². The van der Waals surface area contributed by atoms with Crippen LogP contribution in [0.1, 0.15) is 63.0 Å². The van der Waals surface area contributed by atoms with Crippen LogP contribution < -0.4 is 5.32 Å². The summed E-state index contributed by atoms with van der Waals surface area (Å²) in [5.74, 6) is 1.76. The smallest absolute Gasteiger partial charge is 0.223 e. The molecule has 1 aromatic rings. The van der Waals surface area contributed by atoms with Gasteiger partial charge in [-0.2, -0.15) is 0 Å². The normalized spacial score (nSPS) is 19.9. The summed E-state index contributed by atoms with van der Waals surface area (Å²) in [5.41, 5.74) is 2.63. The molecule has 0 bridgehead atoms. The van der Waals surface area contributed by atoms with Crippen LogP contribution >= 0.6 is 0 Å². The minimum Gasteiger partial charge on any atom is -0.342 e. The summed E-state index contributed by atoms with van der Waals surface area (Å²) >= 11 is 0. The van der Waals surface area contributed by atoms with Crippen molar-refractivity contribution in [3.05, 3.63) is 35.4 Å². The van der Waals surface area contributed by atoms with Crippen LogP contribution in [0, 0.1) is 5.92 Å². The third kappa shape index (κ3) is 5.07. The topological polar surface area (TPSA) is 32.3 Å². The van der Waals surface area contributed by atoms with Gasteiger partial charge in [0.15, 0.2) is 0 Å². The van der Waals surface area contributed by atoms with Gasteiger partial charge in [0.1, 0.15) is 0 Å². The Morgan fingerprint density at radius 3 is 2.48 bits per heavy atom. The van der Waals surface area contributed by atoms with Gasteiger partial charge in [0, 0.05) is 19.5 Å². The second-order valence-electron chi connectivity index (χ2n) is 7.33. The van der Waals surface area contributed by atoms with E-state index >= 15 is 0 Å². The van der Waals surface area contributed by atoms with E-state index in [0.717, 1.165) is 26.1 Å². The fourth-order valence-corrected chi connectivity index (χ4v) is 3.47. The number of nitrogens with zero attached hydrogens (tertiary/aromatic N) is 1. The van der Waals surface area contributed by atoms with Crippen molar-refractivity contribution in [2.75, 3.05) is 26.7 Å². The molecule has 0 aliphatic carbocycles. The largest absolute Gasteiger partial charge is 0.342 e. The van der Waals surface area contributed by atoms with Gasteiger partial charge in [-0.05, 0) is 55.3 Å². The number of carbonyl (C=O) groups is 1. The van der Waals surface area contributed by atoms with Crippen LogP contribution in [0.3, 0.4) is 0 Å². The lowest BCUT2D eigenvalue weighted by Crippen LogP contribution is -2.42. The molecule has 23 heavy (non-hydrogen) atoms. The van der Waals surface area contributed by atoms with Gasteiger partial charge in [-0.25, -0.2) is 0 Å². The summed E-state index contributed by atoms with van der Waals surface area (Å²) in [7, 11) is 1.99. The summed E-state index contributed by atoms with van der Waals surface area (Å²) in [4.78, 5) is 14.7. The van der Waals surface area contributed by atoms with Gasteiger partial charge in [-0.3, -0.25) is 4.79 Å². The average molecular weight is 316 g/mol. The predicted molar refractivity (Wildman–Crippen MR) is 96.8 cm³/mol. The number of hydrogen-bond donors (Lipinski definition) is 1. The molecule has 0 spiro atoms. The van der Waals surface area contributed by atoms with E-state index in [9.17, 15) is 4.79 Å². The van der Waals surface area contributed by atoms with Gasteiger partial charge in [-0.1, -0.05) is 45.0 Å². The first-order chi connectivity index (χ1) is 11.0. The molecule has 3 heteroatoms. The molecular weight excluding hydrogens is 284 g/mol. The lowest BCUT2D eigenvalue weighted by molar-refractivity contribution is -0.133. The zero-order valence-electron chi connectivity index (χ0n) is 15.1. The molecule has 1 heterocycles. The van der Waals surface area contributed by atoms with Gasteiger partial charge >= 0.3 is 0 Å². The van der Waals surface area contributed by atoms with Crippen LogP contribution in [0.4, 0.5) is 0 Å². The molecule has 1 saturated heterocycles. The number of carbonyl (C=O) groups excluding carboxylic acids is 1. The van der Waals surface area contributed by atoms with Crippen molar-refractivity contribution in [1.29, 1.82) is 0 Å². The lowest BCUT2D eigenvalue weighted by Gasteiger charge is -2.33. The summed E-state index contributed by atoms with van der Waals surface area (Å²) in [5, 5.41) is 3.24. The molecule has 2 rings (SSSR count). The summed E-state index contributed by atoms with van der Waals surface area (Å²) in [6.07, 6.45) is 2.99. The molecule has 2 atom stereocenters. The Morgan fingerprint density at radius 1 is 1.22 bits per heavy atom. The predicted octanol–water partition coefficient (Wildman–Crippen LogP) is 3.76. The fourth-order valence-electron chi connectivity index (χ4n) is 3.47. The van der Waals surface area contributed by atoms with Gasteiger partial charge in [0.05, 0.1) is 0 Å². The third-order valence-corrected chi connectivity index (χ3v) is 5.02. The second-order valence-corrected chi connectivity index (χ2v) is 7.33. The van der Waals surface area contributed by atoms with Crippen LogP contribution in [0.25, 0.3) is 0 Å². The Morgan fingerprint density at radius 2 is 1.87 bits per heavy atom. The average Bonchev–Trinajstić information content (AvgIpc) is 2.55. The van der Waals surface area contributed by atoms with Crippen molar-refractivity contribution >= 4 is 5.91 Å². The molecule has 3 nitrogen and oxygen atoms in total. The zero-order chi connectivity index (χ0) is 16.8. The van der Waals surface area contributed by atoms with E-state index in [2.05, 4.69) is 55.3 Å². The van der Waals surface area contributed by atoms with Gasteiger partial charge in [0.2, 0.25) is 5.91 Å². The van der Waals surface area contributed by atoms with Gasteiger partial charge in [-0.15, -0.1) is 0 Å². The Bertz CT molecular complexity index is 493. The van der Waals surface area contributed by atoms with E-state index < -0.39 is 0 Å². The quantitative estimate of drug-likeness (QED) is 0.866. The van der Waals surface area contributed by atoms with Crippen molar-refractivity contribution in [3.8, 4) is 0 Å². The van der Waals surface area contributed by atoms with Crippen LogP contribution in [0.2, 0.25) is 0 Å². The molecule has 2 unspecified atom stereocenters. The van der Waals surface area contributed by atoms with E-state index in [0.29, 0.717) is 24.2 Å². The SMILES string of the molecule is CNCC1CCCN(C(=O)CC(C)c2ccc(C(C)C)cc2)C1. The third-order valence-electron chi connectivity index (χ3n) is 5.02. The molecule has 1 aliphatic heterocycles. The molecule has 1 aromatic carbocycles. The summed E-state index contributed by atoms with van der Waals surface area (Å²) < 4.78 is 0. The number of benzene rings is 1. The first-order valence-electron chi connectivity index (χ1n) is 9.03. The van der Waals surface area contributed by atoms with E-state index in [1.807, 2.05) is 7.05 Å². The fraction of sp³-hybridized carbons (Fsp3) is 0.650. The summed E-state index contributed by atoms with van der Waals surface area (Å²) in [6.45, 7) is 9.43. The first-order valence-corrected chi connectivity index (χ1v) is 9.03. The maximum Gasteiger partial charge on any atom is 0.223 e. The van der Waals surface area contributed by atoms with Crippen molar-refractivity contribution in [1.82, 2.24) is 10.2 Å². The molecule has 1 fully saturated rings. The van der Waals surface area contributed by atoms with Crippen molar-refractivity contribution < 1.29 is 4.79 Å². The number of hydrogen-bond acceptors (Lipinski definition) is 2. The minimum absolute atomic E-state index is 0.286. The number of likely N-dealkylation sites (tertiary alicyclic amines) is 1. The maximum absolute atomic E-state index is 12.6. The highest BCUT2D eigenvalue weighted by molar-refractivity contribution is 5.77. The Kier molecular flexibility index (Phi) is 6.64. The highest BCUT2D eigenvalue weighted by Crippen LogP contribution is 2.24. The first kappa shape index (κ1) is 18.0. The van der Waals surface area contributed by atoms with Crippen LogP contribution in [0.15, 0.2) is 24.3 Å². The van der Waals surface area contributed by atoms with Gasteiger partial charge < -0.3 is 10.2 Å². The molecule has 128 valence electrons. The minimum atomic E-state index is 0.286. The Hall–Kier alpha value is -1.35. The molecule has 0 aromatic heterocycles. The van der Waals surface area contributed by atoms with E-state index in [4.69, 9.17) is 0 Å². The van der Waals surface area contributed by atoms with E-state index in [1.165, 1.54) is 17.5 Å². The molecule has 0 saturated carbocycles. The highest BCUT2D eigenvalue weighted by Gasteiger charge is 2.24. The van der Waals surface area contributed by atoms with Crippen LogP contribution in [-0.2, 0) is 4.79 Å². The van der Waals surface area contributed by atoms with Gasteiger partial charge in [0.25, 0.3) is 0 Å². The molecule has 0 radical (unpaired) electrons. The molecule has 1 N–H and O–H groups in total. The standard InChI is InChI=1S/C20H32N2O/c1-15(2)18-7-9-19(10-8-18)16(3)12-20(23)22-11-5-6-17(14-22)13-21-4/h7-10,15-17,21H,5-6,11-14H2,1-4H3. The molecule has 1 aliphatic rings. The summed E-state index contributed by atoms with van der Waals surface area (Å²) in [6, 6.07) is 8.77.